The van der Waals surface area contributed by atoms with Crippen molar-refractivity contribution >= 4 is 29.9 Å². The third-order valence-electron chi connectivity index (χ3n) is 5.76. The zero-order valence-corrected chi connectivity index (χ0v) is 18.6. The van der Waals surface area contributed by atoms with Crippen molar-refractivity contribution in [3.8, 4) is 0 Å². The first kappa shape index (κ1) is 21.4. The smallest absolute Gasteiger partial charge is 0.191 e. The highest BCUT2D eigenvalue weighted by atomic mass is 127. The zero-order chi connectivity index (χ0) is 18.2. The summed E-state index contributed by atoms with van der Waals surface area (Å²) in [5, 5.41) is 7.04. The lowest BCUT2D eigenvalue weighted by Gasteiger charge is -2.55. The van der Waals surface area contributed by atoms with Gasteiger partial charge in [-0.2, -0.15) is 0 Å². The summed E-state index contributed by atoms with van der Waals surface area (Å²) in [4.78, 5) is 4.59. The number of hydrogen-bond acceptors (Lipinski definition) is 2. The fourth-order valence-electron chi connectivity index (χ4n) is 4.22. The average molecular weight is 475 g/mol. The number of hydrogen-bond donors (Lipinski definition) is 2. The number of halogens is 2. The highest BCUT2D eigenvalue weighted by Gasteiger charge is 2.59. The van der Waals surface area contributed by atoms with E-state index in [-0.39, 0.29) is 41.3 Å². The number of nitrogens with one attached hydrogen (secondary N) is 2. The SMILES string of the molecule is CCN=C(NC(C)c1ccc(C)c(F)c1)NC1C2CCOC2C1(C)C.I. The third-order valence-corrected chi connectivity index (χ3v) is 5.76. The van der Waals surface area contributed by atoms with Crippen LogP contribution in [0, 0.1) is 24.1 Å². The van der Waals surface area contributed by atoms with Crippen molar-refractivity contribution in [3.63, 3.8) is 0 Å². The van der Waals surface area contributed by atoms with E-state index < -0.39 is 0 Å². The van der Waals surface area contributed by atoms with Crippen LogP contribution in [0.1, 0.15) is 51.3 Å². The highest BCUT2D eigenvalue weighted by molar-refractivity contribution is 14.0. The second-order valence-electron chi connectivity index (χ2n) is 7.88. The Labute approximate surface area is 173 Å². The number of ether oxygens (including phenoxy) is 1. The molecule has 2 aliphatic rings. The summed E-state index contributed by atoms with van der Waals surface area (Å²) in [7, 11) is 0. The number of aryl methyl sites for hydroxylation is 1. The first-order valence-corrected chi connectivity index (χ1v) is 9.29. The van der Waals surface area contributed by atoms with Gasteiger partial charge in [-0.1, -0.05) is 26.0 Å². The standard InChI is InChI=1S/C20H30FN3O.HI/c1-6-22-19(23-13(3)14-8-7-12(2)16(21)11-14)24-17-15-9-10-25-18(15)20(17,4)5;/h7-8,11,13,15,17-18H,6,9-10H2,1-5H3,(H2,22,23,24);1H. The fourth-order valence-corrected chi connectivity index (χ4v) is 4.22. The van der Waals surface area contributed by atoms with Crippen LogP contribution in [0.25, 0.3) is 0 Å². The Hall–Kier alpha value is -0.890. The summed E-state index contributed by atoms with van der Waals surface area (Å²) < 4.78 is 19.7. The van der Waals surface area contributed by atoms with Crippen LogP contribution >= 0.6 is 24.0 Å². The molecule has 1 aromatic rings. The van der Waals surface area contributed by atoms with E-state index in [2.05, 4.69) is 29.5 Å². The Morgan fingerprint density at radius 1 is 1.42 bits per heavy atom. The molecule has 1 saturated heterocycles. The molecule has 4 atom stereocenters. The first-order valence-electron chi connectivity index (χ1n) is 9.29. The van der Waals surface area contributed by atoms with E-state index in [1.165, 1.54) is 0 Å². The monoisotopic (exact) mass is 475 g/mol. The van der Waals surface area contributed by atoms with Crippen LogP contribution < -0.4 is 10.6 Å². The van der Waals surface area contributed by atoms with Crippen molar-refractivity contribution in [2.75, 3.05) is 13.2 Å². The predicted octanol–water partition coefficient (Wildman–Crippen LogP) is 4.18. The summed E-state index contributed by atoms with van der Waals surface area (Å²) >= 11 is 0. The summed E-state index contributed by atoms with van der Waals surface area (Å²) in [6, 6.07) is 5.72. The Kier molecular flexibility index (Phi) is 6.93. The molecule has 1 aliphatic heterocycles. The molecular weight excluding hydrogens is 444 g/mol. The minimum Gasteiger partial charge on any atom is -0.377 e. The molecular formula is C20H31FIN3O. The van der Waals surface area contributed by atoms with Crippen molar-refractivity contribution in [2.24, 2.45) is 16.3 Å². The largest absolute Gasteiger partial charge is 0.377 e. The van der Waals surface area contributed by atoms with Gasteiger partial charge in [0, 0.05) is 30.5 Å². The van der Waals surface area contributed by atoms with Gasteiger partial charge in [0.25, 0.3) is 0 Å². The fraction of sp³-hybridized carbons (Fsp3) is 0.650. The molecule has 0 spiro atoms. The quantitative estimate of drug-likeness (QED) is 0.390. The summed E-state index contributed by atoms with van der Waals surface area (Å²) in [6.07, 6.45) is 1.45. The molecule has 146 valence electrons. The number of nitrogens with zero attached hydrogens (tertiary/aromatic N) is 1. The van der Waals surface area contributed by atoms with Gasteiger partial charge in [-0.15, -0.1) is 24.0 Å². The average Bonchev–Trinajstić information content (AvgIpc) is 3.02. The van der Waals surface area contributed by atoms with Crippen molar-refractivity contribution < 1.29 is 9.13 Å². The molecule has 2 fully saturated rings. The molecule has 1 aliphatic carbocycles. The summed E-state index contributed by atoms with van der Waals surface area (Å²) in [6.45, 7) is 11.9. The molecule has 3 rings (SSSR count). The molecule has 4 unspecified atom stereocenters. The Bertz CT molecular complexity index is 664. The molecule has 1 aromatic carbocycles. The molecule has 6 heteroatoms. The van der Waals surface area contributed by atoms with Crippen LogP contribution in [0.5, 0.6) is 0 Å². The number of aliphatic imine (C=N–C) groups is 1. The normalized spacial score (nSPS) is 27.8. The lowest BCUT2D eigenvalue weighted by molar-refractivity contribution is -0.106. The summed E-state index contributed by atoms with van der Waals surface area (Å²) in [5.41, 5.74) is 1.68. The Morgan fingerprint density at radius 2 is 2.15 bits per heavy atom. The van der Waals surface area contributed by atoms with Crippen LogP contribution in [0.2, 0.25) is 0 Å². The minimum absolute atomic E-state index is 0. The van der Waals surface area contributed by atoms with Crippen molar-refractivity contribution in [1.82, 2.24) is 10.6 Å². The predicted molar refractivity (Wildman–Crippen MR) is 115 cm³/mol. The third kappa shape index (κ3) is 4.01. The van der Waals surface area contributed by atoms with Gasteiger partial charge in [-0.25, -0.2) is 4.39 Å². The maximum atomic E-state index is 13.9. The number of guanidine groups is 1. The van der Waals surface area contributed by atoms with E-state index in [9.17, 15) is 4.39 Å². The topological polar surface area (TPSA) is 45.7 Å². The molecule has 1 heterocycles. The van der Waals surface area contributed by atoms with E-state index in [1.54, 1.807) is 13.0 Å². The van der Waals surface area contributed by atoms with Gasteiger partial charge in [-0.05, 0) is 44.4 Å². The van der Waals surface area contributed by atoms with Crippen LogP contribution in [0.3, 0.4) is 0 Å². The number of benzene rings is 1. The number of fused-ring (bicyclic) bond motifs is 1. The van der Waals surface area contributed by atoms with E-state index in [1.807, 2.05) is 26.0 Å². The van der Waals surface area contributed by atoms with Gasteiger partial charge >= 0.3 is 0 Å². The zero-order valence-electron chi connectivity index (χ0n) is 16.3. The molecule has 0 radical (unpaired) electrons. The van der Waals surface area contributed by atoms with Crippen LogP contribution in [-0.4, -0.2) is 31.3 Å². The van der Waals surface area contributed by atoms with Crippen LogP contribution in [-0.2, 0) is 4.74 Å². The van der Waals surface area contributed by atoms with Crippen LogP contribution in [0.15, 0.2) is 23.2 Å². The van der Waals surface area contributed by atoms with Crippen LogP contribution in [0.4, 0.5) is 4.39 Å². The Balaban J connectivity index is 0.00000243. The summed E-state index contributed by atoms with van der Waals surface area (Å²) in [5.74, 6) is 1.17. The lowest BCUT2D eigenvalue weighted by atomic mass is 9.57. The van der Waals surface area contributed by atoms with E-state index in [4.69, 9.17) is 4.74 Å². The molecule has 26 heavy (non-hydrogen) atoms. The lowest BCUT2D eigenvalue weighted by Crippen LogP contribution is -2.68. The second-order valence-corrected chi connectivity index (χ2v) is 7.88. The molecule has 0 aromatic heterocycles. The van der Waals surface area contributed by atoms with Gasteiger partial charge < -0.3 is 15.4 Å². The van der Waals surface area contributed by atoms with Gasteiger partial charge in [0.2, 0.25) is 0 Å². The maximum absolute atomic E-state index is 13.9. The second kappa shape index (κ2) is 8.42. The van der Waals surface area contributed by atoms with E-state index in [0.29, 0.717) is 30.2 Å². The highest BCUT2D eigenvalue weighted by Crippen LogP contribution is 2.52. The first-order chi connectivity index (χ1) is 11.8. The molecule has 0 amide bonds. The van der Waals surface area contributed by atoms with Gasteiger partial charge in [-0.3, -0.25) is 4.99 Å². The Morgan fingerprint density at radius 3 is 2.81 bits per heavy atom. The van der Waals surface area contributed by atoms with E-state index >= 15 is 0 Å². The van der Waals surface area contributed by atoms with Crippen molar-refractivity contribution in [3.05, 3.63) is 35.1 Å². The van der Waals surface area contributed by atoms with Gasteiger partial charge in [0.1, 0.15) is 5.82 Å². The van der Waals surface area contributed by atoms with Crippen molar-refractivity contribution in [2.45, 2.75) is 59.2 Å². The van der Waals surface area contributed by atoms with Gasteiger partial charge in [0.15, 0.2) is 5.96 Å². The van der Waals surface area contributed by atoms with Gasteiger partial charge in [0.05, 0.1) is 12.1 Å². The molecule has 4 nitrogen and oxygen atoms in total. The molecule has 0 bridgehead atoms. The van der Waals surface area contributed by atoms with E-state index in [0.717, 1.165) is 24.6 Å². The van der Waals surface area contributed by atoms with Crippen molar-refractivity contribution in [1.29, 1.82) is 0 Å². The maximum Gasteiger partial charge on any atom is 0.191 e. The number of rotatable bonds is 4. The molecule has 1 saturated carbocycles. The molecule has 2 N–H and O–H groups in total. The minimum atomic E-state index is -0.167.